The van der Waals surface area contributed by atoms with Gasteiger partial charge in [0.1, 0.15) is 11.2 Å². The minimum absolute atomic E-state index is 0.889. The van der Waals surface area contributed by atoms with E-state index in [1.165, 1.54) is 83.8 Å². The van der Waals surface area contributed by atoms with Crippen LogP contribution in [0.2, 0.25) is 0 Å². The highest BCUT2D eigenvalue weighted by Crippen LogP contribution is 2.46. The molecule has 0 spiro atoms. The fourth-order valence-electron chi connectivity index (χ4n) is 9.40. The van der Waals surface area contributed by atoms with Crippen molar-refractivity contribution in [1.29, 1.82) is 0 Å². The summed E-state index contributed by atoms with van der Waals surface area (Å²) in [6, 6.07) is 69.0. The van der Waals surface area contributed by atoms with E-state index in [0.29, 0.717) is 0 Å². The van der Waals surface area contributed by atoms with E-state index >= 15 is 0 Å². The first-order valence-electron chi connectivity index (χ1n) is 19.7. The lowest BCUT2D eigenvalue weighted by atomic mass is 9.94. The molecule has 58 heavy (non-hydrogen) atoms. The van der Waals surface area contributed by atoms with Gasteiger partial charge >= 0.3 is 0 Å². The summed E-state index contributed by atoms with van der Waals surface area (Å²) in [5.41, 5.74) is 7.48. The fourth-order valence-corrected chi connectivity index (χ4v) is 11.6. The number of fused-ring (bicyclic) bond motifs is 16. The van der Waals surface area contributed by atoms with Gasteiger partial charge in [-0.05, 0) is 122 Å². The summed E-state index contributed by atoms with van der Waals surface area (Å²) >= 11 is 3.78. The molecule has 0 saturated carbocycles. The van der Waals surface area contributed by atoms with Crippen LogP contribution >= 0.6 is 22.7 Å². The van der Waals surface area contributed by atoms with Gasteiger partial charge in [0.25, 0.3) is 0 Å². The number of hydrogen-bond acceptors (Lipinski definition) is 4. The predicted octanol–water partition coefficient (Wildman–Crippen LogP) is 16.9. The maximum Gasteiger partial charge on any atom is 0.135 e. The van der Waals surface area contributed by atoms with E-state index in [9.17, 15) is 0 Å². The molecule has 0 aliphatic heterocycles. The van der Waals surface area contributed by atoms with Gasteiger partial charge in [-0.25, -0.2) is 0 Å². The summed E-state index contributed by atoms with van der Waals surface area (Å²) in [4.78, 5) is 2.39. The average Bonchev–Trinajstić information content (AvgIpc) is 3.97. The van der Waals surface area contributed by atoms with Crippen molar-refractivity contribution in [2.45, 2.75) is 0 Å². The number of thiophene rings is 2. The average molecular weight is 774 g/mol. The Bertz CT molecular complexity index is 3780. The van der Waals surface area contributed by atoms with Crippen molar-refractivity contribution in [3.63, 3.8) is 0 Å². The molecule has 270 valence electrons. The quantitative estimate of drug-likeness (QED) is 0.166. The Morgan fingerprint density at radius 1 is 0.293 bits per heavy atom. The van der Waals surface area contributed by atoms with Crippen LogP contribution in [0.15, 0.2) is 192 Å². The molecule has 0 N–H and O–H groups in total. The molecule has 0 aliphatic carbocycles. The number of para-hydroxylation sites is 1. The third-order valence-corrected chi connectivity index (χ3v) is 14.3. The molecule has 3 aromatic heterocycles. The van der Waals surface area contributed by atoms with E-state index in [1.54, 1.807) is 0 Å². The second kappa shape index (κ2) is 12.3. The zero-order chi connectivity index (χ0) is 37.9. The van der Waals surface area contributed by atoms with Gasteiger partial charge in [0.05, 0.1) is 0 Å². The third kappa shape index (κ3) is 4.70. The molecule has 0 amide bonds. The molecule has 0 saturated heterocycles. The lowest BCUT2D eigenvalue weighted by Gasteiger charge is -2.26. The van der Waals surface area contributed by atoms with Gasteiger partial charge in [-0.15, -0.1) is 22.7 Å². The Balaban J connectivity index is 0.992. The predicted molar refractivity (Wildman–Crippen MR) is 252 cm³/mol. The van der Waals surface area contributed by atoms with E-state index in [0.717, 1.165) is 39.0 Å². The maximum absolute atomic E-state index is 6.28. The summed E-state index contributed by atoms with van der Waals surface area (Å²) < 4.78 is 11.6. The van der Waals surface area contributed by atoms with Crippen LogP contribution in [0.1, 0.15) is 0 Å². The summed E-state index contributed by atoms with van der Waals surface area (Å²) in [6.45, 7) is 0. The van der Waals surface area contributed by atoms with Crippen LogP contribution in [-0.4, -0.2) is 0 Å². The summed E-state index contributed by atoms with van der Waals surface area (Å²) in [5.74, 6) is 0. The van der Waals surface area contributed by atoms with Crippen LogP contribution in [0.3, 0.4) is 0 Å². The molecule has 13 aromatic rings. The molecule has 4 heteroatoms. The van der Waals surface area contributed by atoms with Crippen LogP contribution in [-0.2, 0) is 0 Å². The molecule has 0 radical (unpaired) electrons. The van der Waals surface area contributed by atoms with Crippen molar-refractivity contribution in [2.75, 3.05) is 4.90 Å². The molecule has 10 aromatic carbocycles. The van der Waals surface area contributed by atoms with Gasteiger partial charge < -0.3 is 9.32 Å². The summed E-state index contributed by atoms with van der Waals surface area (Å²) in [5, 5.41) is 15.2. The van der Waals surface area contributed by atoms with Crippen LogP contribution in [0, 0.1) is 0 Å². The molecule has 0 unspecified atom stereocenters. The second-order valence-electron chi connectivity index (χ2n) is 15.2. The smallest absolute Gasteiger partial charge is 0.135 e. The SMILES string of the molecule is c1ccc2c(c1)oc1ccc(N(c3ccc(-c4ccc5sc6ccc7sc8ccccc8c7c6c5c4)cc3)c3ccc4c5ccccc5c5ccccc5c4c3)cc12. The Kier molecular flexibility index (Phi) is 6.79. The Morgan fingerprint density at radius 2 is 0.776 bits per heavy atom. The van der Waals surface area contributed by atoms with Crippen molar-refractivity contribution in [3.8, 4) is 11.1 Å². The molecule has 13 rings (SSSR count). The summed E-state index contributed by atoms with van der Waals surface area (Å²) in [6.07, 6.45) is 0. The number of benzene rings is 10. The molecule has 0 atom stereocenters. The van der Waals surface area contributed by atoms with Crippen molar-refractivity contribution in [2.24, 2.45) is 0 Å². The van der Waals surface area contributed by atoms with Crippen molar-refractivity contribution in [3.05, 3.63) is 188 Å². The molecular formula is C54H31NOS2. The minimum atomic E-state index is 0.889. The zero-order valence-electron chi connectivity index (χ0n) is 31.1. The number of hydrogen-bond donors (Lipinski definition) is 0. The standard InChI is InChI=1S/C54H31NOS2/c1-2-11-39-37(9-1)38-10-3-4-12-40(38)44-30-35(22-24-41(39)44)55(36-23-25-48-45(31-36)42-13-5-7-15-47(42)56-48)34-20-17-32(18-21-34)33-19-26-50-46(29-33)54-52(58-50)28-27-51-53(54)43-14-6-8-16-49(43)57-51/h1-31H. The lowest BCUT2D eigenvalue weighted by molar-refractivity contribution is 0.669. The Labute approximate surface area is 341 Å². The summed E-state index contributed by atoms with van der Waals surface area (Å²) in [7, 11) is 0. The highest BCUT2D eigenvalue weighted by Gasteiger charge is 2.19. The zero-order valence-corrected chi connectivity index (χ0v) is 32.7. The fraction of sp³-hybridized carbons (Fsp3) is 0. The van der Waals surface area contributed by atoms with E-state index in [4.69, 9.17) is 4.42 Å². The number of furan rings is 1. The van der Waals surface area contributed by atoms with Crippen LogP contribution in [0.25, 0.3) is 106 Å². The Hall–Kier alpha value is -6.98. The van der Waals surface area contributed by atoms with Crippen molar-refractivity contribution in [1.82, 2.24) is 0 Å². The van der Waals surface area contributed by atoms with Crippen molar-refractivity contribution >= 4 is 134 Å². The van der Waals surface area contributed by atoms with E-state index < -0.39 is 0 Å². The molecule has 2 nitrogen and oxygen atoms in total. The van der Waals surface area contributed by atoms with E-state index in [2.05, 4.69) is 181 Å². The van der Waals surface area contributed by atoms with Gasteiger partial charge in [-0.3, -0.25) is 0 Å². The maximum atomic E-state index is 6.28. The van der Waals surface area contributed by atoms with Gasteiger partial charge in [0.15, 0.2) is 0 Å². The van der Waals surface area contributed by atoms with Gasteiger partial charge in [0, 0.05) is 68.2 Å². The van der Waals surface area contributed by atoms with E-state index in [-0.39, 0.29) is 0 Å². The molecular weight excluding hydrogens is 743 g/mol. The molecule has 3 heterocycles. The first kappa shape index (κ1) is 32.1. The van der Waals surface area contributed by atoms with Gasteiger partial charge in [-0.2, -0.15) is 0 Å². The number of nitrogens with zero attached hydrogens (tertiary/aromatic N) is 1. The lowest BCUT2D eigenvalue weighted by Crippen LogP contribution is -2.10. The van der Waals surface area contributed by atoms with Crippen molar-refractivity contribution < 1.29 is 4.42 Å². The van der Waals surface area contributed by atoms with Crippen LogP contribution < -0.4 is 4.90 Å². The van der Waals surface area contributed by atoms with Gasteiger partial charge in [-0.1, -0.05) is 109 Å². The number of anilines is 3. The number of rotatable bonds is 4. The largest absolute Gasteiger partial charge is 0.456 e. The van der Waals surface area contributed by atoms with Crippen LogP contribution in [0.5, 0.6) is 0 Å². The Morgan fingerprint density at radius 3 is 1.50 bits per heavy atom. The molecule has 0 bridgehead atoms. The monoisotopic (exact) mass is 773 g/mol. The van der Waals surface area contributed by atoms with E-state index in [1.807, 2.05) is 34.8 Å². The molecule has 0 aliphatic rings. The first-order valence-corrected chi connectivity index (χ1v) is 21.3. The first-order chi connectivity index (χ1) is 28.7. The van der Waals surface area contributed by atoms with Gasteiger partial charge in [0.2, 0.25) is 0 Å². The third-order valence-electron chi connectivity index (χ3n) is 12.0. The highest BCUT2D eigenvalue weighted by atomic mass is 32.1. The highest BCUT2D eigenvalue weighted by molar-refractivity contribution is 7.28. The minimum Gasteiger partial charge on any atom is -0.456 e. The van der Waals surface area contributed by atoms with Crippen LogP contribution in [0.4, 0.5) is 17.1 Å². The second-order valence-corrected chi connectivity index (χ2v) is 17.4. The normalized spacial score (nSPS) is 12.1. The topological polar surface area (TPSA) is 16.4 Å². The molecule has 0 fully saturated rings.